The van der Waals surface area contributed by atoms with Gasteiger partial charge in [0.1, 0.15) is 6.07 Å². The molecule has 0 saturated carbocycles. The molecule has 11 nitrogen and oxygen atoms in total. The number of H-pyrrole nitrogens is 1. The monoisotopic (exact) mass is 483 g/mol. The van der Waals surface area contributed by atoms with E-state index in [9.17, 15) is 14.4 Å². The van der Waals surface area contributed by atoms with Crippen LogP contribution in [0.3, 0.4) is 0 Å². The number of hydrogen-bond donors (Lipinski definition) is 1. The van der Waals surface area contributed by atoms with E-state index in [2.05, 4.69) is 15.2 Å². The number of ether oxygens (including phenoxy) is 1. The van der Waals surface area contributed by atoms with Crippen molar-refractivity contribution >= 4 is 23.2 Å². The predicted molar refractivity (Wildman–Crippen MR) is 117 cm³/mol. The van der Waals surface area contributed by atoms with Gasteiger partial charge in [0.25, 0.3) is 11.1 Å². The van der Waals surface area contributed by atoms with E-state index in [0.717, 1.165) is 10.2 Å². The minimum Gasteiger partial charge on any atom is -0.434 e. The molecule has 1 N–H and O–H groups in total. The molecule has 0 aliphatic carbocycles. The van der Waals surface area contributed by atoms with Crippen molar-refractivity contribution in [1.29, 1.82) is 5.26 Å². The lowest BCUT2D eigenvalue weighted by molar-refractivity contribution is 0.435. The Balaban J connectivity index is 1.68. The highest BCUT2D eigenvalue weighted by atomic mass is 35.5. The Kier molecular flexibility index (Phi) is 6.03. The lowest BCUT2D eigenvalue weighted by Crippen LogP contribution is -2.33. The topological polar surface area (TPSA) is 149 Å². The third kappa shape index (κ3) is 4.67. The molecule has 0 saturated heterocycles. The molecule has 3 aromatic heterocycles. The van der Waals surface area contributed by atoms with Crippen LogP contribution in [-0.4, -0.2) is 29.5 Å². The summed E-state index contributed by atoms with van der Waals surface area (Å²) in [6, 6.07) is 10.3. The summed E-state index contributed by atoms with van der Waals surface area (Å²) in [4.78, 5) is 41.7. The molecule has 4 aromatic rings. The first-order valence-electron chi connectivity index (χ1n) is 9.14. The van der Waals surface area contributed by atoms with Gasteiger partial charge in [-0.15, -0.1) is 10.2 Å². The maximum atomic E-state index is 12.2. The van der Waals surface area contributed by atoms with Crippen molar-refractivity contribution in [2.45, 2.75) is 6.54 Å². The number of halogens is 2. The Hall–Kier alpha value is -4.27. The fourth-order valence-electron chi connectivity index (χ4n) is 2.78. The quantitative estimate of drug-likeness (QED) is 0.452. The van der Waals surface area contributed by atoms with Crippen LogP contribution in [0.4, 0.5) is 0 Å². The Bertz CT molecular complexity index is 1550. The Morgan fingerprint density at radius 3 is 2.39 bits per heavy atom. The molecule has 0 amide bonds. The Morgan fingerprint density at radius 1 is 1.03 bits per heavy atom. The van der Waals surface area contributed by atoms with Gasteiger partial charge in [0, 0.05) is 24.5 Å². The van der Waals surface area contributed by atoms with Crippen molar-refractivity contribution in [2.75, 3.05) is 0 Å². The fraction of sp³-hybridized carbons (Fsp3) is 0.0500. The van der Waals surface area contributed by atoms with Crippen LogP contribution in [0.1, 0.15) is 11.3 Å². The van der Waals surface area contributed by atoms with Crippen molar-refractivity contribution in [3.8, 4) is 23.4 Å². The number of pyridine rings is 1. The first kappa shape index (κ1) is 21.9. The van der Waals surface area contributed by atoms with E-state index >= 15 is 0 Å². The summed E-state index contributed by atoms with van der Waals surface area (Å²) in [5.74, 6) is 0.0629. The molecule has 0 atom stereocenters. The van der Waals surface area contributed by atoms with Crippen LogP contribution in [0.15, 0.2) is 63.2 Å². The lowest BCUT2D eigenvalue weighted by atomic mass is 10.3. The van der Waals surface area contributed by atoms with Gasteiger partial charge in [-0.3, -0.25) is 19.6 Å². The van der Waals surface area contributed by atoms with Crippen molar-refractivity contribution < 1.29 is 4.74 Å². The van der Waals surface area contributed by atoms with E-state index in [1.165, 1.54) is 28.9 Å². The van der Waals surface area contributed by atoms with Crippen LogP contribution < -0.4 is 21.5 Å². The molecule has 3 heterocycles. The summed E-state index contributed by atoms with van der Waals surface area (Å²) < 4.78 is 7.67. The average molecular weight is 484 g/mol. The minimum atomic E-state index is -0.913. The van der Waals surface area contributed by atoms with Gasteiger partial charge in [-0.05, 0) is 29.8 Å². The maximum absolute atomic E-state index is 12.2. The fourth-order valence-corrected chi connectivity index (χ4v) is 3.33. The lowest BCUT2D eigenvalue weighted by Gasteiger charge is -2.12. The van der Waals surface area contributed by atoms with E-state index in [4.69, 9.17) is 33.2 Å². The molecule has 0 fully saturated rings. The van der Waals surface area contributed by atoms with E-state index in [1.807, 2.05) is 4.98 Å². The standard InChI is InChI=1S/C20H11Cl2N7O4/c21-13-7-12(29-20(32)25-19(31)15(9-23)26-29)8-14(22)18(13)33-16-1-2-17(30)28(27-16)10-11-3-5-24-6-4-11/h1-8H,10H2,(H,25,31,32). The van der Waals surface area contributed by atoms with Crippen molar-refractivity contribution in [3.05, 3.63) is 101 Å². The number of hydrogen-bond acceptors (Lipinski definition) is 8. The maximum Gasteiger partial charge on any atom is 0.349 e. The minimum absolute atomic E-state index is 0.00964. The van der Waals surface area contributed by atoms with Gasteiger partial charge in [0.15, 0.2) is 5.75 Å². The van der Waals surface area contributed by atoms with Crippen molar-refractivity contribution in [3.63, 3.8) is 0 Å². The molecular weight excluding hydrogens is 473 g/mol. The Morgan fingerprint density at radius 2 is 1.73 bits per heavy atom. The van der Waals surface area contributed by atoms with Crippen LogP contribution in [-0.2, 0) is 6.54 Å². The third-order valence-electron chi connectivity index (χ3n) is 4.29. The predicted octanol–water partition coefficient (Wildman–Crippen LogP) is 1.89. The second-order valence-corrected chi connectivity index (χ2v) is 7.31. The number of nitriles is 1. The molecule has 164 valence electrons. The van der Waals surface area contributed by atoms with Gasteiger partial charge in [-0.25, -0.2) is 9.48 Å². The summed E-state index contributed by atoms with van der Waals surface area (Å²) >= 11 is 12.6. The molecule has 4 rings (SSSR count). The van der Waals surface area contributed by atoms with Gasteiger partial charge in [0.05, 0.1) is 22.3 Å². The van der Waals surface area contributed by atoms with Crippen LogP contribution >= 0.6 is 23.2 Å². The van der Waals surface area contributed by atoms with Crippen molar-refractivity contribution in [1.82, 2.24) is 29.5 Å². The Labute approximate surface area is 194 Å². The molecule has 0 aliphatic rings. The van der Waals surface area contributed by atoms with E-state index in [1.54, 1.807) is 30.6 Å². The van der Waals surface area contributed by atoms with Gasteiger partial charge >= 0.3 is 5.69 Å². The van der Waals surface area contributed by atoms with Crippen LogP contribution in [0, 0.1) is 11.3 Å². The SMILES string of the molecule is N#Cc1nn(-c2cc(Cl)c(Oc3ccc(=O)n(Cc4ccncc4)n3)c(Cl)c2)c(=O)[nH]c1=O. The van der Waals surface area contributed by atoms with Crippen LogP contribution in [0.25, 0.3) is 5.69 Å². The largest absolute Gasteiger partial charge is 0.434 e. The number of aromatic nitrogens is 6. The number of aromatic amines is 1. The molecule has 0 radical (unpaired) electrons. The first-order chi connectivity index (χ1) is 15.9. The van der Waals surface area contributed by atoms with Gasteiger partial charge in [-0.2, -0.15) is 9.94 Å². The van der Waals surface area contributed by atoms with Crippen molar-refractivity contribution in [2.24, 2.45) is 0 Å². The normalized spacial score (nSPS) is 10.6. The number of nitrogens with zero attached hydrogens (tertiary/aromatic N) is 6. The molecule has 33 heavy (non-hydrogen) atoms. The third-order valence-corrected chi connectivity index (χ3v) is 4.85. The highest BCUT2D eigenvalue weighted by Crippen LogP contribution is 2.37. The molecule has 0 spiro atoms. The summed E-state index contributed by atoms with van der Waals surface area (Å²) in [6.45, 7) is 0.195. The van der Waals surface area contributed by atoms with E-state index < -0.39 is 16.9 Å². The van der Waals surface area contributed by atoms with Crippen LogP contribution in [0.2, 0.25) is 10.0 Å². The summed E-state index contributed by atoms with van der Waals surface area (Å²) in [6.07, 6.45) is 3.20. The highest BCUT2D eigenvalue weighted by molar-refractivity contribution is 6.37. The molecule has 13 heteroatoms. The van der Waals surface area contributed by atoms with Crippen LogP contribution in [0.5, 0.6) is 11.6 Å². The molecule has 0 aliphatic heterocycles. The van der Waals surface area contributed by atoms with E-state index in [0.29, 0.717) is 0 Å². The molecule has 0 unspecified atom stereocenters. The van der Waals surface area contributed by atoms with E-state index in [-0.39, 0.29) is 39.5 Å². The smallest absolute Gasteiger partial charge is 0.349 e. The van der Waals surface area contributed by atoms with Gasteiger partial charge in [0.2, 0.25) is 11.6 Å². The highest BCUT2D eigenvalue weighted by Gasteiger charge is 2.16. The molecule has 1 aromatic carbocycles. The molecular formula is C20H11Cl2N7O4. The zero-order valence-electron chi connectivity index (χ0n) is 16.4. The number of rotatable bonds is 5. The number of nitrogens with one attached hydrogen (secondary N) is 1. The van der Waals surface area contributed by atoms with Gasteiger partial charge < -0.3 is 4.74 Å². The average Bonchev–Trinajstić information content (AvgIpc) is 2.79. The van der Waals surface area contributed by atoms with Gasteiger partial charge in [-0.1, -0.05) is 23.2 Å². The number of benzene rings is 1. The second kappa shape index (κ2) is 9.07. The zero-order valence-corrected chi connectivity index (χ0v) is 17.9. The first-order valence-corrected chi connectivity index (χ1v) is 9.89. The summed E-state index contributed by atoms with van der Waals surface area (Å²) in [5, 5.41) is 16.8. The molecule has 0 bridgehead atoms. The zero-order chi connectivity index (χ0) is 23.5. The second-order valence-electron chi connectivity index (χ2n) is 6.50. The summed E-state index contributed by atoms with van der Waals surface area (Å²) in [7, 11) is 0. The summed E-state index contributed by atoms with van der Waals surface area (Å²) in [5.41, 5.74) is -1.75.